The van der Waals surface area contributed by atoms with Crippen LogP contribution < -0.4 is 0 Å². The number of esters is 1. The van der Waals surface area contributed by atoms with Gasteiger partial charge in [0.05, 0.1) is 24.0 Å². The molecule has 0 saturated heterocycles. The van der Waals surface area contributed by atoms with Crippen molar-refractivity contribution in [2.24, 2.45) is 10.2 Å². The van der Waals surface area contributed by atoms with E-state index in [0.717, 1.165) is 5.69 Å². The van der Waals surface area contributed by atoms with E-state index in [4.69, 9.17) is 0 Å². The number of methoxy groups -OCH3 is 1. The Bertz CT molecular complexity index is 565. The quantitative estimate of drug-likeness (QED) is 0.603. The van der Waals surface area contributed by atoms with Gasteiger partial charge in [-0.15, -0.1) is 0 Å². The lowest BCUT2D eigenvalue weighted by atomic mass is 10.2. The van der Waals surface area contributed by atoms with Crippen LogP contribution in [0.4, 0.5) is 11.4 Å². The maximum atomic E-state index is 11.3. The minimum absolute atomic E-state index is 0.383. The first-order valence-electron chi connectivity index (χ1n) is 5.45. The van der Waals surface area contributed by atoms with Crippen molar-refractivity contribution in [3.63, 3.8) is 0 Å². The standard InChI is InChI=1S/C14H12N2O2/c1-18-14(17)11-6-5-9-13(10-11)16-15-12-7-3-2-4-8-12/h2-10H,1H3/b16-15+. The van der Waals surface area contributed by atoms with Crippen molar-refractivity contribution in [3.8, 4) is 0 Å². The second kappa shape index (κ2) is 5.72. The average molecular weight is 240 g/mol. The SMILES string of the molecule is COC(=O)c1cccc(/N=N/c2ccccc2)c1. The third kappa shape index (κ3) is 3.01. The molecule has 0 unspecified atom stereocenters. The predicted molar refractivity (Wildman–Crippen MR) is 68.4 cm³/mol. The summed E-state index contributed by atoms with van der Waals surface area (Å²) in [5, 5.41) is 8.15. The summed E-state index contributed by atoms with van der Waals surface area (Å²) in [4.78, 5) is 11.3. The summed E-state index contributed by atoms with van der Waals surface area (Å²) >= 11 is 0. The summed E-state index contributed by atoms with van der Waals surface area (Å²) in [6.45, 7) is 0. The summed E-state index contributed by atoms with van der Waals surface area (Å²) < 4.78 is 4.64. The van der Waals surface area contributed by atoms with Crippen molar-refractivity contribution >= 4 is 17.3 Å². The number of carbonyl (C=O) groups excluding carboxylic acids is 1. The smallest absolute Gasteiger partial charge is 0.337 e. The van der Waals surface area contributed by atoms with Crippen molar-refractivity contribution in [1.29, 1.82) is 0 Å². The lowest BCUT2D eigenvalue weighted by Gasteiger charge is -1.99. The van der Waals surface area contributed by atoms with E-state index in [0.29, 0.717) is 11.3 Å². The molecule has 0 atom stereocenters. The molecule has 0 aromatic heterocycles. The molecule has 0 aliphatic rings. The molecule has 0 radical (unpaired) electrons. The highest BCUT2D eigenvalue weighted by Crippen LogP contribution is 2.19. The third-order valence-corrected chi connectivity index (χ3v) is 2.30. The molecule has 0 amide bonds. The van der Waals surface area contributed by atoms with E-state index >= 15 is 0 Å². The first-order valence-corrected chi connectivity index (χ1v) is 5.45. The number of ether oxygens (including phenoxy) is 1. The monoisotopic (exact) mass is 240 g/mol. The molecule has 0 aliphatic carbocycles. The van der Waals surface area contributed by atoms with Gasteiger partial charge in [0, 0.05) is 0 Å². The van der Waals surface area contributed by atoms with Gasteiger partial charge in [-0.1, -0.05) is 24.3 Å². The van der Waals surface area contributed by atoms with Gasteiger partial charge in [0.15, 0.2) is 0 Å². The number of benzene rings is 2. The Morgan fingerprint density at radius 2 is 1.61 bits per heavy atom. The molecule has 0 heterocycles. The Hall–Kier alpha value is -2.49. The van der Waals surface area contributed by atoms with Gasteiger partial charge in [0.2, 0.25) is 0 Å². The summed E-state index contributed by atoms with van der Waals surface area (Å²) in [5.74, 6) is -0.383. The Labute approximate surface area is 105 Å². The fourth-order valence-electron chi connectivity index (χ4n) is 1.42. The van der Waals surface area contributed by atoms with E-state index in [1.165, 1.54) is 7.11 Å². The van der Waals surface area contributed by atoms with E-state index in [2.05, 4.69) is 15.0 Å². The highest BCUT2D eigenvalue weighted by molar-refractivity contribution is 5.90. The summed E-state index contributed by atoms with van der Waals surface area (Å²) in [7, 11) is 1.35. The topological polar surface area (TPSA) is 51.0 Å². The number of hydrogen-bond acceptors (Lipinski definition) is 4. The van der Waals surface area contributed by atoms with Gasteiger partial charge in [-0.2, -0.15) is 10.2 Å². The lowest BCUT2D eigenvalue weighted by molar-refractivity contribution is 0.0601. The predicted octanol–water partition coefficient (Wildman–Crippen LogP) is 3.89. The normalized spacial score (nSPS) is 10.5. The molecule has 90 valence electrons. The Kier molecular flexibility index (Phi) is 3.81. The maximum absolute atomic E-state index is 11.3. The van der Waals surface area contributed by atoms with Gasteiger partial charge in [0.25, 0.3) is 0 Å². The van der Waals surface area contributed by atoms with Gasteiger partial charge >= 0.3 is 5.97 Å². The molecule has 0 spiro atoms. The minimum atomic E-state index is -0.383. The molecule has 0 saturated carbocycles. The van der Waals surface area contributed by atoms with Crippen LogP contribution in [0, 0.1) is 0 Å². The van der Waals surface area contributed by atoms with Crippen LogP contribution in [0.15, 0.2) is 64.8 Å². The lowest BCUT2D eigenvalue weighted by Crippen LogP contribution is -1.99. The highest BCUT2D eigenvalue weighted by atomic mass is 16.5. The molecular formula is C14H12N2O2. The molecule has 0 N–H and O–H groups in total. The Morgan fingerprint density at radius 1 is 0.944 bits per heavy atom. The molecule has 0 bridgehead atoms. The molecule has 18 heavy (non-hydrogen) atoms. The zero-order valence-corrected chi connectivity index (χ0v) is 9.91. The molecule has 0 fully saturated rings. The highest BCUT2D eigenvalue weighted by Gasteiger charge is 2.04. The van der Waals surface area contributed by atoms with Gasteiger partial charge in [-0.3, -0.25) is 0 Å². The van der Waals surface area contributed by atoms with Gasteiger partial charge in [-0.25, -0.2) is 4.79 Å². The minimum Gasteiger partial charge on any atom is -0.465 e. The summed E-state index contributed by atoms with van der Waals surface area (Å²) in [5.41, 5.74) is 1.84. The average Bonchev–Trinajstić information content (AvgIpc) is 2.45. The molecule has 4 heteroatoms. The van der Waals surface area contributed by atoms with Gasteiger partial charge < -0.3 is 4.74 Å². The molecule has 2 rings (SSSR count). The number of rotatable bonds is 3. The van der Waals surface area contributed by atoms with E-state index in [-0.39, 0.29) is 5.97 Å². The second-order valence-corrected chi connectivity index (χ2v) is 3.58. The first-order chi connectivity index (χ1) is 8.79. The maximum Gasteiger partial charge on any atom is 0.337 e. The van der Waals surface area contributed by atoms with Crippen molar-refractivity contribution in [1.82, 2.24) is 0 Å². The Morgan fingerprint density at radius 3 is 2.33 bits per heavy atom. The van der Waals surface area contributed by atoms with Crippen LogP contribution in [-0.4, -0.2) is 13.1 Å². The van der Waals surface area contributed by atoms with Crippen molar-refractivity contribution in [3.05, 3.63) is 60.2 Å². The molecule has 2 aromatic carbocycles. The molecule has 2 aromatic rings. The van der Waals surface area contributed by atoms with E-state index in [9.17, 15) is 4.79 Å². The van der Waals surface area contributed by atoms with Crippen molar-refractivity contribution in [2.45, 2.75) is 0 Å². The van der Waals surface area contributed by atoms with Crippen LogP contribution in [0.3, 0.4) is 0 Å². The van der Waals surface area contributed by atoms with Crippen LogP contribution in [-0.2, 0) is 4.74 Å². The molecular weight excluding hydrogens is 228 g/mol. The summed E-state index contributed by atoms with van der Waals surface area (Å²) in [6.07, 6.45) is 0. The van der Waals surface area contributed by atoms with Crippen LogP contribution >= 0.6 is 0 Å². The fourth-order valence-corrected chi connectivity index (χ4v) is 1.42. The van der Waals surface area contributed by atoms with E-state index < -0.39 is 0 Å². The first kappa shape index (κ1) is 12.0. The zero-order chi connectivity index (χ0) is 12.8. The number of nitrogens with zero attached hydrogens (tertiary/aromatic N) is 2. The fraction of sp³-hybridized carbons (Fsp3) is 0.0714. The number of azo groups is 1. The molecule has 0 aliphatic heterocycles. The van der Waals surface area contributed by atoms with Crippen molar-refractivity contribution in [2.75, 3.05) is 7.11 Å². The zero-order valence-electron chi connectivity index (χ0n) is 9.91. The number of carbonyl (C=O) groups is 1. The van der Waals surface area contributed by atoms with Gasteiger partial charge in [-0.05, 0) is 30.3 Å². The van der Waals surface area contributed by atoms with Crippen LogP contribution in [0.1, 0.15) is 10.4 Å². The van der Waals surface area contributed by atoms with E-state index in [1.807, 2.05) is 30.3 Å². The number of hydrogen-bond donors (Lipinski definition) is 0. The second-order valence-electron chi connectivity index (χ2n) is 3.58. The van der Waals surface area contributed by atoms with E-state index in [1.54, 1.807) is 24.3 Å². The van der Waals surface area contributed by atoms with Crippen molar-refractivity contribution < 1.29 is 9.53 Å². The van der Waals surface area contributed by atoms with Crippen LogP contribution in [0.2, 0.25) is 0 Å². The van der Waals surface area contributed by atoms with Gasteiger partial charge in [0.1, 0.15) is 0 Å². The Balaban J connectivity index is 2.20. The van der Waals surface area contributed by atoms with Crippen LogP contribution in [0.25, 0.3) is 0 Å². The van der Waals surface area contributed by atoms with Crippen LogP contribution in [0.5, 0.6) is 0 Å². The largest absolute Gasteiger partial charge is 0.465 e. The third-order valence-electron chi connectivity index (χ3n) is 2.30. The summed E-state index contributed by atoms with van der Waals surface area (Å²) in [6, 6.07) is 16.2. The molecule has 4 nitrogen and oxygen atoms in total.